The summed E-state index contributed by atoms with van der Waals surface area (Å²) in [5.74, 6) is 0.578. The minimum absolute atomic E-state index is 0. The second-order valence-corrected chi connectivity index (χ2v) is 6.78. The minimum atomic E-state index is -4.41. The van der Waals surface area contributed by atoms with Gasteiger partial charge in [-0.2, -0.15) is 13.2 Å². The number of alkyl halides is 3. The number of halogens is 4. The Morgan fingerprint density at radius 1 is 1.24 bits per heavy atom. The Morgan fingerprint density at radius 2 is 1.93 bits per heavy atom. The predicted molar refractivity (Wildman–Crippen MR) is 116 cm³/mol. The van der Waals surface area contributed by atoms with Gasteiger partial charge in [0.1, 0.15) is 0 Å². The molecule has 0 saturated heterocycles. The SMILES string of the molecule is CN=C(NCCCNC(=O)c1occc1C)NCCc1nc(C(F)(F)F)cs1.I. The molecule has 0 saturated carbocycles. The molecule has 0 spiro atoms. The normalized spacial score (nSPS) is 11.7. The first-order valence-corrected chi connectivity index (χ1v) is 9.47. The average Bonchev–Trinajstić information content (AvgIpc) is 3.28. The number of rotatable bonds is 8. The highest BCUT2D eigenvalue weighted by atomic mass is 127. The lowest BCUT2D eigenvalue weighted by Gasteiger charge is -2.11. The molecular formula is C17H23F3IN5O2S. The minimum Gasteiger partial charge on any atom is -0.459 e. The molecule has 0 fully saturated rings. The molecule has 29 heavy (non-hydrogen) atoms. The van der Waals surface area contributed by atoms with Gasteiger partial charge in [-0.05, 0) is 19.4 Å². The van der Waals surface area contributed by atoms with Gasteiger partial charge in [0.2, 0.25) is 0 Å². The molecule has 0 aliphatic heterocycles. The number of aliphatic imine (C=N–C) groups is 1. The van der Waals surface area contributed by atoms with E-state index < -0.39 is 11.9 Å². The molecule has 1 amide bonds. The second kappa shape index (κ2) is 12.0. The fourth-order valence-corrected chi connectivity index (χ4v) is 3.05. The summed E-state index contributed by atoms with van der Waals surface area (Å²) >= 11 is 0.983. The molecule has 0 unspecified atom stereocenters. The van der Waals surface area contributed by atoms with E-state index in [1.54, 1.807) is 20.0 Å². The van der Waals surface area contributed by atoms with Gasteiger partial charge in [0.15, 0.2) is 17.4 Å². The number of hydrogen-bond acceptors (Lipinski definition) is 5. The molecule has 12 heteroatoms. The van der Waals surface area contributed by atoms with Crippen LogP contribution in [-0.4, -0.2) is 43.5 Å². The number of aromatic nitrogens is 1. The summed E-state index contributed by atoms with van der Waals surface area (Å²) in [4.78, 5) is 19.5. The third-order valence-electron chi connectivity index (χ3n) is 3.70. The molecule has 2 aromatic heterocycles. The van der Waals surface area contributed by atoms with E-state index in [1.807, 2.05) is 0 Å². The smallest absolute Gasteiger partial charge is 0.434 e. The molecule has 3 N–H and O–H groups in total. The lowest BCUT2D eigenvalue weighted by atomic mass is 10.2. The molecule has 0 aliphatic rings. The van der Waals surface area contributed by atoms with Crippen molar-refractivity contribution in [3.05, 3.63) is 39.7 Å². The summed E-state index contributed by atoms with van der Waals surface area (Å²) in [5.41, 5.74) is -0.0791. The van der Waals surface area contributed by atoms with Crippen LogP contribution in [0.4, 0.5) is 13.2 Å². The molecule has 0 aromatic carbocycles. The zero-order valence-electron chi connectivity index (χ0n) is 15.9. The number of guanidine groups is 1. The predicted octanol–water partition coefficient (Wildman–Crippen LogP) is 3.21. The van der Waals surface area contributed by atoms with Gasteiger partial charge in [-0.25, -0.2) is 4.98 Å². The number of thiazole rings is 1. The second-order valence-electron chi connectivity index (χ2n) is 5.84. The van der Waals surface area contributed by atoms with Crippen molar-refractivity contribution >= 4 is 47.2 Å². The van der Waals surface area contributed by atoms with Crippen LogP contribution in [0.2, 0.25) is 0 Å². The van der Waals surface area contributed by atoms with E-state index in [9.17, 15) is 18.0 Å². The van der Waals surface area contributed by atoms with Crippen LogP contribution in [0.1, 0.15) is 33.2 Å². The molecule has 162 valence electrons. The number of amides is 1. The van der Waals surface area contributed by atoms with E-state index in [0.29, 0.717) is 49.2 Å². The Labute approximate surface area is 187 Å². The van der Waals surface area contributed by atoms with Crippen LogP contribution in [0.5, 0.6) is 0 Å². The number of furan rings is 1. The van der Waals surface area contributed by atoms with Gasteiger partial charge in [0.25, 0.3) is 5.91 Å². The maximum Gasteiger partial charge on any atom is 0.434 e. The number of nitrogens with zero attached hydrogens (tertiary/aromatic N) is 2. The van der Waals surface area contributed by atoms with Crippen molar-refractivity contribution in [2.24, 2.45) is 4.99 Å². The highest BCUT2D eigenvalue weighted by molar-refractivity contribution is 14.0. The Balaban J connectivity index is 0.00000420. The van der Waals surface area contributed by atoms with Gasteiger partial charge in [-0.3, -0.25) is 9.79 Å². The summed E-state index contributed by atoms with van der Waals surface area (Å²) in [6, 6.07) is 1.72. The lowest BCUT2D eigenvalue weighted by Crippen LogP contribution is -2.39. The van der Waals surface area contributed by atoms with E-state index >= 15 is 0 Å². The Bertz CT molecular complexity index is 807. The molecule has 0 radical (unpaired) electrons. The van der Waals surface area contributed by atoms with Gasteiger partial charge in [-0.15, -0.1) is 35.3 Å². The number of carbonyl (C=O) groups is 1. The fourth-order valence-electron chi connectivity index (χ4n) is 2.25. The van der Waals surface area contributed by atoms with Crippen molar-refractivity contribution in [1.82, 2.24) is 20.9 Å². The van der Waals surface area contributed by atoms with Crippen molar-refractivity contribution in [2.45, 2.75) is 25.9 Å². The molecule has 2 heterocycles. The first-order valence-electron chi connectivity index (χ1n) is 8.59. The van der Waals surface area contributed by atoms with Gasteiger partial charge in [0, 0.05) is 44.0 Å². The third-order valence-corrected chi connectivity index (χ3v) is 4.61. The van der Waals surface area contributed by atoms with Gasteiger partial charge < -0.3 is 20.4 Å². The summed E-state index contributed by atoms with van der Waals surface area (Å²) in [7, 11) is 1.60. The molecular weight excluding hydrogens is 522 g/mol. The van der Waals surface area contributed by atoms with Gasteiger partial charge >= 0.3 is 6.18 Å². The average molecular weight is 545 g/mol. The topological polar surface area (TPSA) is 91.5 Å². The maximum atomic E-state index is 12.5. The van der Waals surface area contributed by atoms with E-state index in [0.717, 1.165) is 22.3 Å². The Kier molecular flexibility index (Phi) is 10.4. The quantitative estimate of drug-likeness (QED) is 0.205. The van der Waals surface area contributed by atoms with Crippen LogP contribution in [0.3, 0.4) is 0 Å². The number of carbonyl (C=O) groups excluding carboxylic acids is 1. The first kappa shape index (κ1) is 25.2. The van der Waals surface area contributed by atoms with Crippen LogP contribution in [-0.2, 0) is 12.6 Å². The molecule has 7 nitrogen and oxygen atoms in total. The maximum absolute atomic E-state index is 12.5. The van der Waals surface area contributed by atoms with Crippen molar-refractivity contribution in [1.29, 1.82) is 0 Å². The number of aryl methyl sites for hydroxylation is 1. The summed E-state index contributed by atoms with van der Waals surface area (Å²) < 4.78 is 42.7. The van der Waals surface area contributed by atoms with E-state index in [2.05, 4.69) is 25.9 Å². The zero-order chi connectivity index (χ0) is 20.6. The van der Waals surface area contributed by atoms with Crippen molar-refractivity contribution in [3.63, 3.8) is 0 Å². The fraction of sp³-hybridized carbons (Fsp3) is 0.471. The first-order chi connectivity index (χ1) is 13.3. The zero-order valence-corrected chi connectivity index (χ0v) is 19.1. The third kappa shape index (κ3) is 8.20. The van der Waals surface area contributed by atoms with Crippen molar-refractivity contribution in [3.8, 4) is 0 Å². The van der Waals surface area contributed by atoms with Crippen LogP contribution < -0.4 is 16.0 Å². The molecule has 0 bridgehead atoms. The van der Waals surface area contributed by atoms with Crippen LogP contribution >= 0.6 is 35.3 Å². The number of hydrogen-bond donors (Lipinski definition) is 3. The monoisotopic (exact) mass is 545 g/mol. The Hall–Kier alpha value is -1.83. The van der Waals surface area contributed by atoms with Crippen molar-refractivity contribution < 1.29 is 22.4 Å². The molecule has 0 atom stereocenters. The molecule has 2 rings (SSSR count). The highest BCUT2D eigenvalue weighted by Gasteiger charge is 2.33. The van der Waals surface area contributed by atoms with Crippen LogP contribution in [0, 0.1) is 6.92 Å². The Morgan fingerprint density at radius 3 is 2.52 bits per heavy atom. The summed E-state index contributed by atoms with van der Waals surface area (Å²) in [6.45, 7) is 3.22. The largest absolute Gasteiger partial charge is 0.459 e. The number of nitrogens with one attached hydrogen (secondary N) is 3. The van der Waals surface area contributed by atoms with Crippen LogP contribution in [0.15, 0.2) is 27.1 Å². The standard InChI is InChI=1S/C17H22F3N5O2S.HI/c1-11-5-9-27-14(11)15(26)22-6-3-7-23-16(21-2)24-8-4-13-25-12(10-28-13)17(18,19)20;/h5,9-10H,3-4,6-8H2,1-2H3,(H,22,26)(H2,21,23,24);1H. The van der Waals surface area contributed by atoms with E-state index in [-0.39, 0.29) is 29.9 Å². The van der Waals surface area contributed by atoms with Gasteiger partial charge in [0.05, 0.1) is 11.3 Å². The molecule has 2 aromatic rings. The van der Waals surface area contributed by atoms with Crippen LogP contribution in [0.25, 0.3) is 0 Å². The molecule has 0 aliphatic carbocycles. The lowest BCUT2D eigenvalue weighted by molar-refractivity contribution is -0.140. The van der Waals surface area contributed by atoms with Gasteiger partial charge in [-0.1, -0.05) is 0 Å². The summed E-state index contributed by atoms with van der Waals surface area (Å²) in [5, 5.41) is 10.3. The van der Waals surface area contributed by atoms with E-state index in [1.165, 1.54) is 6.26 Å². The highest BCUT2D eigenvalue weighted by Crippen LogP contribution is 2.29. The van der Waals surface area contributed by atoms with E-state index in [4.69, 9.17) is 4.42 Å². The summed E-state index contributed by atoms with van der Waals surface area (Å²) in [6.07, 6.45) is -1.92. The van der Waals surface area contributed by atoms with Crippen molar-refractivity contribution in [2.75, 3.05) is 26.7 Å².